The predicted octanol–water partition coefficient (Wildman–Crippen LogP) is 3.38. The van der Waals surface area contributed by atoms with E-state index in [0.717, 1.165) is 29.7 Å². The summed E-state index contributed by atoms with van der Waals surface area (Å²) in [4.78, 5) is 19.6. The lowest BCUT2D eigenvalue weighted by Gasteiger charge is -2.05. The quantitative estimate of drug-likeness (QED) is 0.654. The number of nitrogens with one attached hydrogen (secondary N) is 2. The molecule has 4 nitrogen and oxygen atoms in total. The van der Waals surface area contributed by atoms with E-state index in [4.69, 9.17) is 0 Å². The summed E-state index contributed by atoms with van der Waals surface area (Å²) in [7, 11) is 0. The van der Waals surface area contributed by atoms with Crippen molar-refractivity contribution in [3.05, 3.63) is 65.7 Å². The van der Waals surface area contributed by atoms with Crippen molar-refractivity contribution in [2.24, 2.45) is 0 Å². The van der Waals surface area contributed by atoms with Gasteiger partial charge in [0.1, 0.15) is 11.6 Å². The molecule has 124 valence electrons. The number of para-hydroxylation sites is 2. The van der Waals surface area contributed by atoms with Gasteiger partial charge in [-0.25, -0.2) is 9.37 Å². The lowest BCUT2D eigenvalue weighted by molar-refractivity contribution is -0.121. The summed E-state index contributed by atoms with van der Waals surface area (Å²) in [6.07, 6.45) is 2.31. The van der Waals surface area contributed by atoms with Crippen molar-refractivity contribution in [3.8, 4) is 0 Å². The van der Waals surface area contributed by atoms with Gasteiger partial charge in [0, 0.05) is 19.4 Å². The fraction of sp³-hybridized carbons (Fsp3) is 0.263. The minimum absolute atomic E-state index is 0.0529. The zero-order chi connectivity index (χ0) is 16.8. The molecule has 0 spiro atoms. The van der Waals surface area contributed by atoms with Gasteiger partial charge in [0.2, 0.25) is 5.91 Å². The highest BCUT2D eigenvalue weighted by Gasteiger charge is 2.06. The second-order valence-electron chi connectivity index (χ2n) is 5.75. The maximum atomic E-state index is 13.5. The third-order valence-corrected chi connectivity index (χ3v) is 3.93. The maximum Gasteiger partial charge on any atom is 0.220 e. The molecule has 0 saturated heterocycles. The SMILES string of the molecule is O=C(CCc1ccccc1F)NCCCc1nc2ccccc2[nH]1. The van der Waals surface area contributed by atoms with Crippen LogP contribution in [0.2, 0.25) is 0 Å². The van der Waals surface area contributed by atoms with Crippen molar-refractivity contribution in [1.82, 2.24) is 15.3 Å². The highest BCUT2D eigenvalue weighted by Crippen LogP contribution is 2.11. The Kier molecular flexibility index (Phi) is 5.21. The Hall–Kier alpha value is -2.69. The van der Waals surface area contributed by atoms with Crippen molar-refractivity contribution >= 4 is 16.9 Å². The second-order valence-corrected chi connectivity index (χ2v) is 5.75. The van der Waals surface area contributed by atoms with Crippen LogP contribution in [0.1, 0.15) is 24.2 Å². The number of H-pyrrole nitrogens is 1. The molecule has 2 aromatic carbocycles. The largest absolute Gasteiger partial charge is 0.356 e. The number of nitrogens with zero attached hydrogens (tertiary/aromatic N) is 1. The Morgan fingerprint density at radius 3 is 2.71 bits per heavy atom. The lowest BCUT2D eigenvalue weighted by Crippen LogP contribution is -2.25. The minimum atomic E-state index is -0.254. The normalized spacial score (nSPS) is 10.9. The Morgan fingerprint density at radius 2 is 1.88 bits per heavy atom. The molecule has 0 aliphatic rings. The molecule has 24 heavy (non-hydrogen) atoms. The molecule has 0 aliphatic carbocycles. The molecule has 0 radical (unpaired) electrons. The number of aromatic nitrogens is 2. The first-order valence-electron chi connectivity index (χ1n) is 8.16. The fourth-order valence-corrected chi connectivity index (χ4v) is 2.65. The average molecular weight is 325 g/mol. The molecule has 1 amide bonds. The zero-order valence-electron chi connectivity index (χ0n) is 13.4. The van der Waals surface area contributed by atoms with Gasteiger partial charge < -0.3 is 10.3 Å². The second kappa shape index (κ2) is 7.73. The fourth-order valence-electron chi connectivity index (χ4n) is 2.65. The first kappa shape index (κ1) is 16.2. The first-order chi connectivity index (χ1) is 11.7. The van der Waals surface area contributed by atoms with E-state index in [9.17, 15) is 9.18 Å². The van der Waals surface area contributed by atoms with Crippen molar-refractivity contribution < 1.29 is 9.18 Å². The Bertz CT molecular complexity index is 795. The number of amides is 1. The van der Waals surface area contributed by atoms with Gasteiger partial charge in [0.15, 0.2) is 0 Å². The van der Waals surface area contributed by atoms with Crippen LogP contribution >= 0.6 is 0 Å². The van der Waals surface area contributed by atoms with Crippen LogP contribution in [0, 0.1) is 5.82 Å². The van der Waals surface area contributed by atoms with Crippen LogP contribution < -0.4 is 5.32 Å². The van der Waals surface area contributed by atoms with Crippen molar-refractivity contribution in [1.29, 1.82) is 0 Å². The third-order valence-electron chi connectivity index (χ3n) is 3.93. The predicted molar refractivity (Wildman–Crippen MR) is 92.1 cm³/mol. The first-order valence-corrected chi connectivity index (χ1v) is 8.16. The maximum absolute atomic E-state index is 13.5. The molecule has 0 atom stereocenters. The Morgan fingerprint density at radius 1 is 1.08 bits per heavy atom. The summed E-state index contributed by atoms with van der Waals surface area (Å²) in [5.41, 5.74) is 2.57. The molecule has 0 aliphatic heterocycles. The number of carbonyl (C=O) groups excluding carboxylic acids is 1. The van der Waals surface area contributed by atoms with Gasteiger partial charge in [0.25, 0.3) is 0 Å². The lowest BCUT2D eigenvalue weighted by atomic mass is 10.1. The highest BCUT2D eigenvalue weighted by molar-refractivity contribution is 5.76. The van der Waals surface area contributed by atoms with E-state index in [-0.39, 0.29) is 11.7 Å². The molecule has 3 aromatic rings. The van der Waals surface area contributed by atoms with E-state index in [1.54, 1.807) is 18.2 Å². The molecule has 2 N–H and O–H groups in total. The van der Waals surface area contributed by atoms with Gasteiger partial charge >= 0.3 is 0 Å². The van der Waals surface area contributed by atoms with Gasteiger partial charge in [-0.1, -0.05) is 30.3 Å². The van der Waals surface area contributed by atoms with Gasteiger partial charge in [-0.3, -0.25) is 4.79 Å². The smallest absolute Gasteiger partial charge is 0.220 e. The molecule has 0 unspecified atom stereocenters. The van der Waals surface area contributed by atoms with Crippen molar-refractivity contribution in [3.63, 3.8) is 0 Å². The molecular weight excluding hydrogens is 305 g/mol. The van der Waals surface area contributed by atoms with Crippen LogP contribution in [0.3, 0.4) is 0 Å². The molecule has 5 heteroatoms. The van der Waals surface area contributed by atoms with Crippen LogP contribution in [-0.2, 0) is 17.6 Å². The number of imidazole rings is 1. The van der Waals surface area contributed by atoms with Crippen LogP contribution in [0.5, 0.6) is 0 Å². The molecule has 0 saturated carbocycles. The molecule has 0 fully saturated rings. The molecule has 3 rings (SSSR count). The number of aryl methyl sites for hydroxylation is 2. The van der Waals surface area contributed by atoms with Crippen molar-refractivity contribution in [2.45, 2.75) is 25.7 Å². The summed E-state index contributed by atoms with van der Waals surface area (Å²) < 4.78 is 13.5. The average Bonchev–Trinajstić information content (AvgIpc) is 3.01. The number of aromatic amines is 1. The third kappa shape index (κ3) is 4.19. The topological polar surface area (TPSA) is 57.8 Å². The summed E-state index contributed by atoms with van der Waals surface area (Å²) in [5, 5.41) is 2.87. The van der Waals surface area contributed by atoms with Gasteiger partial charge in [-0.05, 0) is 36.6 Å². The van der Waals surface area contributed by atoms with Crippen molar-refractivity contribution in [2.75, 3.05) is 6.54 Å². The number of fused-ring (bicyclic) bond motifs is 1. The summed E-state index contributed by atoms with van der Waals surface area (Å²) >= 11 is 0. The van der Waals surface area contributed by atoms with Crippen LogP contribution in [-0.4, -0.2) is 22.4 Å². The van der Waals surface area contributed by atoms with Gasteiger partial charge in [-0.2, -0.15) is 0 Å². The van der Waals surface area contributed by atoms with E-state index in [1.807, 2.05) is 24.3 Å². The van der Waals surface area contributed by atoms with Gasteiger partial charge in [-0.15, -0.1) is 0 Å². The van der Waals surface area contributed by atoms with E-state index in [0.29, 0.717) is 24.9 Å². The van der Waals surface area contributed by atoms with Crippen LogP contribution in [0.4, 0.5) is 4.39 Å². The number of benzene rings is 2. The highest BCUT2D eigenvalue weighted by atomic mass is 19.1. The van der Waals surface area contributed by atoms with Gasteiger partial charge in [0.05, 0.1) is 11.0 Å². The number of hydrogen-bond donors (Lipinski definition) is 2. The molecular formula is C19H20FN3O. The van der Waals surface area contributed by atoms with E-state index >= 15 is 0 Å². The summed E-state index contributed by atoms with van der Waals surface area (Å²) in [6, 6.07) is 14.5. The van der Waals surface area contributed by atoms with E-state index < -0.39 is 0 Å². The van der Waals surface area contributed by atoms with Crippen LogP contribution in [0.15, 0.2) is 48.5 Å². The zero-order valence-corrected chi connectivity index (χ0v) is 13.4. The summed E-state index contributed by atoms with van der Waals surface area (Å²) in [6.45, 7) is 0.590. The standard InChI is InChI=1S/C19H20FN3O/c20-15-7-2-1-6-14(15)11-12-19(24)21-13-5-10-18-22-16-8-3-4-9-17(16)23-18/h1-4,6-9H,5,10-13H2,(H,21,24)(H,22,23). The van der Waals surface area contributed by atoms with E-state index in [1.165, 1.54) is 6.07 Å². The monoisotopic (exact) mass is 325 g/mol. The Balaban J connectivity index is 1.38. The number of carbonyl (C=O) groups is 1. The molecule has 1 aromatic heterocycles. The summed E-state index contributed by atoms with van der Waals surface area (Å²) in [5.74, 6) is 0.620. The minimum Gasteiger partial charge on any atom is -0.356 e. The Labute approximate surface area is 140 Å². The number of rotatable bonds is 7. The number of hydrogen-bond acceptors (Lipinski definition) is 2. The van der Waals surface area contributed by atoms with E-state index in [2.05, 4.69) is 15.3 Å². The molecule has 1 heterocycles. The number of halogens is 1. The molecule has 0 bridgehead atoms. The van der Waals surface area contributed by atoms with Crippen LogP contribution in [0.25, 0.3) is 11.0 Å².